The number of H-pyrrole nitrogens is 1. The van der Waals surface area contributed by atoms with Crippen LogP contribution in [0.5, 0.6) is 0 Å². The Hall–Kier alpha value is -1.54. The number of aromatic amines is 1. The molecule has 2 aromatic rings. The van der Waals surface area contributed by atoms with Crippen LogP contribution in [-0.2, 0) is 0 Å². The van der Waals surface area contributed by atoms with Crippen molar-refractivity contribution in [3.63, 3.8) is 0 Å². The molecule has 1 aromatic heterocycles. The van der Waals surface area contributed by atoms with Gasteiger partial charge in [0.2, 0.25) is 5.82 Å². The highest BCUT2D eigenvalue weighted by atomic mass is 79.9. The van der Waals surface area contributed by atoms with E-state index in [0.29, 0.717) is 10.4 Å². The molecule has 3 N–H and O–H groups in total. The van der Waals surface area contributed by atoms with Crippen molar-refractivity contribution < 1.29 is 4.79 Å². The van der Waals surface area contributed by atoms with Crippen molar-refractivity contribution in [3.05, 3.63) is 39.2 Å². The van der Waals surface area contributed by atoms with E-state index in [1.54, 1.807) is 12.1 Å². The molecule has 0 unspecified atom stereocenters. The molecular formula is C10H7Br2N5O. The number of nitrogens with one attached hydrogen (secondary N) is 1. The molecule has 6 nitrogen and oxygen atoms in total. The van der Waals surface area contributed by atoms with Gasteiger partial charge in [-0.2, -0.15) is 0 Å². The fourth-order valence-electron chi connectivity index (χ4n) is 1.19. The van der Waals surface area contributed by atoms with Crippen molar-refractivity contribution in [2.75, 3.05) is 0 Å². The molecule has 18 heavy (non-hydrogen) atoms. The molecular weight excluding hydrogens is 366 g/mol. The first-order valence-corrected chi connectivity index (χ1v) is 6.37. The summed E-state index contributed by atoms with van der Waals surface area (Å²) < 4.78 is 1.32. The first-order valence-electron chi connectivity index (χ1n) is 4.79. The van der Waals surface area contributed by atoms with Crippen LogP contribution in [0.2, 0.25) is 0 Å². The van der Waals surface area contributed by atoms with E-state index in [9.17, 15) is 4.79 Å². The highest BCUT2D eigenvalue weighted by Crippen LogP contribution is 2.23. The number of carbonyl (C=O) groups is 1. The number of rotatable bonds is 3. The summed E-state index contributed by atoms with van der Waals surface area (Å²) >= 11 is 6.42. The number of aromatic nitrogens is 2. The van der Waals surface area contributed by atoms with E-state index in [1.165, 1.54) is 0 Å². The average molecular weight is 373 g/mol. The summed E-state index contributed by atoms with van der Waals surface area (Å²) in [5.41, 5.74) is 5.94. The van der Waals surface area contributed by atoms with Gasteiger partial charge < -0.3 is 10.7 Å². The number of azo groups is 1. The Morgan fingerprint density at radius 2 is 1.89 bits per heavy atom. The molecule has 1 aromatic carbocycles. The summed E-state index contributed by atoms with van der Waals surface area (Å²) in [4.78, 5) is 17.7. The maximum atomic E-state index is 11.1. The summed E-state index contributed by atoms with van der Waals surface area (Å²) in [6.07, 6.45) is 0. The summed E-state index contributed by atoms with van der Waals surface area (Å²) in [5, 5.41) is 7.85. The van der Waals surface area contributed by atoms with Crippen LogP contribution in [0.15, 0.2) is 43.7 Å². The van der Waals surface area contributed by atoms with Gasteiger partial charge in [-0.3, -0.25) is 4.79 Å². The third-order valence-corrected chi connectivity index (χ3v) is 2.89. The van der Waals surface area contributed by atoms with Gasteiger partial charge in [0.1, 0.15) is 0 Å². The fourth-order valence-corrected chi connectivity index (χ4v) is 1.82. The lowest BCUT2D eigenvalue weighted by molar-refractivity contribution is 0.0996. The Bertz CT molecular complexity index is 605. The van der Waals surface area contributed by atoms with Crippen LogP contribution >= 0.6 is 31.9 Å². The van der Waals surface area contributed by atoms with Crippen LogP contribution in [-0.4, -0.2) is 15.9 Å². The quantitative estimate of drug-likeness (QED) is 0.807. The van der Waals surface area contributed by atoms with Crippen molar-refractivity contribution in [3.8, 4) is 0 Å². The second-order valence-electron chi connectivity index (χ2n) is 3.27. The number of hydrogen-bond acceptors (Lipinski definition) is 4. The number of halogens is 2. The van der Waals surface area contributed by atoms with E-state index in [-0.39, 0.29) is 11.5 Å². The third kappa shape index (κ3) is 3.02. The molecule has 0 aliphatic carbocycles. The zero-order valence-electron chi connectivity index (χ0n) is 8.89. The molecule has 0 aliphatic rings. The van der Waals surface area contributed by atoms with E-state index in [4.69, 9.17) is 5.73 Å². The number of amides is 1. The maximum Gasteiger partial charge on any atom is 0.269 e. The lowest BCUT2D eigenvalue weighted by Crippen LogP contribution is -2.11. The Balaban J connectivity index is 2.28. The summed E-state index contributed by atoms with van der Waals surface area (Å²) in [7, 11) is 0. The van der Waals surface area contributed by atoms with Crippen LogP contribution in [0.3, 0.4) is 0 Å². The van der Waals surface area contributed by atoms with Gasteiger partial charge in [-0.15, -0.1) is 10.2 Å². The van der Waals surface area contributed by atoms with E-state index < -0.39 is 5.91 Å². The molecule has 0 spiro atoms. The minimum Gasteiger partial charge on any atom is -0.364 e. The molecule has 0 saturated carbocycles. The average Bonchev–Trinajstić information content (AvgIpc) is 2.70. The number of imidazole rings is 1. The van der Waals surface area contributed by atoms with Crippen molar-refractivity contribution in [1.29, 1.82) is 0 Å². The number of nitrogens with two attached hydrogens (primary N) is 1. The third-order valence-electron chi connectivity index (χ3n) is 1.99. The van der Waals surface area contributed by atoms with Gasteiger partial charge in [0.05, 0.1) is 5.69 Å². The fraction of sp³-hybridized carbons (Fsp3) is 0. The predicted octanol–water partition coefficient (Wildman–Crippen LogP) is 3.45. The monoisotopic (exact) mass is 371 g/mol. The number of carbonyl (C=O) groups excluding carboxylic acids is 1. The van der Waals surface area contributed by atoms with Crippen molar-refractivity contribution >= 4 is 49.3 Å². The predicted molar refractivity (Wildman–Crippen MR) is 73.1 cm³/mol. The summed E-state index contributed by atoms with van der Waals surface area (Å²) in [6, 6.07) is 7.23. The topological polar surface area (TPSA) is 96.5 Å². The Kier molecular flexibility index (Phi) is 3.87. The molecule has 0 aliphatic heterocycles. The molecule has 92 valence electrons. The van der Waals surface area contributed by atoms with Crippen molar-refractivity contribution in [1.82, 2.24) is 9.97 Å². The minimum absolute atomic E-state index is 0.114. The molecule has 1 amide bonds. The van der Waals surface area contributed by atoms with E-state index in [2.05, 4.69) is 52.1 Å². The van der Waals surface area contributed by atoms with Crippen LogP contribution in [0.25, 0.3) is 0 Å². The van der Waals surface area contributed by atoms with Crippen LogP contribution in [0, 0.1) is 0 Å². The second-order valence-corrected chi connectivity index (χ2v) is 4.93. The first-order chi connectivity index (χ1) is 8.56. The maximum absolute atomic E-state index is 11.1. The SMILES string of the molecule is NC(=O)c1[nH]c(Br)nc1N=Nc1ccc(Br)cc1. The smallest absolute Gasteiger partial charge is 0.269 e. The largest absolute Gasteiger partial charge is 0.364 e. The van der Waals surface area contributed by atoms with Gasteiger partial charge in [0.15, 0.2) is 10.4 Å². The van der Waals surface area contributed by atoms with E-state index in [1.807, 2.05) is 12.1 Å². The molecule has 1 heterocycles. The summed E-state index contributed by atoms with van der Waals surface area (Å²) in [6.45, 7) is 0. The van der Waals surface area contributed by atoms with Crippen LogP contribution < -0.4 is 5.73 Å². The number of benzene rings is 1. The highest BCUT2D eigenvalue weighted by molar-refractivity contribution is 9.10. The van der Waals surface area contributed by atoms with E-state index >= 15 is 0 Å². The zero-order valence-corrected chi connectivity index (χ0v) is 12.1. The lowest BCUT2D eigenvalue weighted by atomic mass is 10.3. The van der Waals surface area contributed by atoms with E-state index in [0.717, 1.165) is 4.47 Å². The van der Waals surface area contributed by atoms with Gasteiger partial charge in [-0.1, -0.05) is 15.9 Å². The highest BCUT2D eigenvalue weighted by Gasteiger charge is 2.13. The van der Waals surface area contributed by atoms with Gasteiger partial charge >= 0.3 is 0 Å². The second kappa shape index (κ2) is 5.40. The Morgan fingerprint density at radius 1 is 1.22 bits per heavy atom. The Morgan fingerprint density at radius 3 is 2.50 bits per heavy atom. The van der Waals surface area contributed by atoms with Crippen LogP contribution in [0.1, 0.15) is 10.5 Å². The normalized spacial score (nSPS) is 11.0. The molecule has 0 fully saturated rings. The van der Waals surface area contributed by atoms with Gasteiger partial charge in [0.25, 0.3) is 5.91 Å². The molecule has 2 rings (SSSR count). The molecule has 0 bridgehead atoms. The van der Waals surface area contributed by atoms with Crippen molar-refractivity contribution in [2.45, 2.75) is 0 Å². The van der Waals surface area contributed by atoms with Gasteiger partial charge in [-0.25, -0.2) is 4.98 Å². The standard InChI is InChI=1S/C10H7Br2N5O/c11-5-1-3-6(4-2-5)16-17-9-7(8(13)18)14-10(12)15-9/h1-4H,(H2,13,18)(H,14,15). The molecule has 0 atom stereocenters. The van der Waals surface area contributed by atoms with Crippen molar-refractivity contribution in [2.24, 2.45) is 16.0 Å². The lowest BCUT2D eigenvalue weighted by Gasteiger charge is -1.93. The Labute approximate surface area is 119 Å². The number of primary amides is 1. The van der Waals surface area contributed by atoms with Crippen LogP contribution in [0.4, 0.5) is 11.5 Å². The summed E-state index contributed by atoms with van der Waals surface area (Å²) in [5.74, 6) is -0.491. The molecule has 8 heteroatoms. The number of hydrogen-bond donors (Lipinski definition) is 2. The molecule has 0 radical (unpaired) electrons. The number of nitrogens with zero attached hydrogens (tertiary/aromatic N) is 3. The first kappa shape index (κ1) is 12.9. The van der Waals surface area contributed by atoms with Gasteiger partial charge in [0, 0.05) is 4.47 Å². The minimum atomic E-state index is -0.641. The van der Waals surface area contributed by atoms with Gasteiger partial charge in [-0.05, 0) is 40.2 Å². The zero-order chi connectivity index (χ0) is 13.1. The molecule has 0 saturated heterocycles.